The lowest BCUT2D eigenvalue weighted by Crippen LogP contribution is -2.16. The van der Waals surface area contributed by atoms with E-state index in [0.29, 0.717) is 6.07 Å². The van der Waals surface area contributed by atoms with Gasteiger partial charge in [-0.05, 0) is 23.9 Å². The van der Waals surface area contributed by atoms with Crippen LogP contribution in [0.1, 0.15) is 21.5 Å². The smallest absolute Gasteiger partial charge is 0.446 e. The highest BCUT2D eigenvalue weighted by Gasteiger charge is 2.39. The Bertz CT molecular complexity index is 602. The maximum absolute atomic E-state index is 12.9. The van der Waals surface area contributed by atoms with E-state index in [0.717, 1.165) is 7.11 Å². The lowest BCUT2D eigenvalue weighted by Gasteiger charge is -2.15. The van der Waals surface area contributed by atoms with Gasteiger partial charge in [-0.15, -0.1) is 0 Å². The van der Waals surface area contributed by atoms with Crippen molar-refractivity contribution in [3.05, 3.63) is 28.8 Å². The maximum atomic E-state index is 12.9. The van der Waals surface area contributed by atoms with Crippen molar-refractivity contribution in [1.82, 2.24) is 0 Å². The van der Waals surface area contributed by atoms with Gasteiger partial charge in [-0.25, -0.2) is 4.79 Å². The van der Waals surface area contributed by atoms with Crippen molar-refractivity contribution in [1.29, 1.82) is 5.26 Å². The van der Waals surface area contributed by atoms with E-state index in [2.05, 4.69) is 4.74 Å². The predicted octanol–water partition coefficient (Wildman–Crippen LogP) is 3.98. The van der Waals surface area contributed by atoms with Crippen LogP contribution in [0.4, 0.5) is 26.3 Å². The lowest BCUT2D eigenvalue weighted by atomic mass is 10.0. The number of methoxy groups -OCH3 is 1. The number of carbonyl (C=O) groups is 1. The molecule has 0 unspecified atom stereocenters. The molecular weight excluding hydrogens is 324 g/mol. The van der Waals surface area contributed by atoms with Crippen LogP contribution in [-0.4, -0.2) is 18.6 Å². The van der Waals surface area contributed by atoms with Crippen LogP contribution in [0.25, 0.3) is 0 Å². The molecule has 0 N–H and O–H groups in total. The molecule has 0 atom stereocenters. The molecule has 0 saturated heterocycles. The molecule has 10 heteroatoms. The monoisotopic (exact) mass is 329 g/mol. The predicted molar refractivity (Wildman–Crippen MR) is 59.4 cm³/mol. The Balaban J connectivity index is 3.59. The zero-order chi connectivity index (χ0) is 16.4. The molecule has 1 aromatic rings. The topological polar surface area (TPSA) is 50.1 Å². The molecule has 3 nitrogen and oxygen atoms in total. The van der Waals surface area contributed by atoms with Gasteiger partial charge in [0.05, 0.1) is 23.8 Å². The standard InChI is InChI=1S/C11H5F6NO2S/c1-20-9(19)8-5(4-18)2-6(21-11(15,16)17)3-7(8)10(12,13)14/h2-3H,1H3. The van der Waals surface area contributed by atoms with Gasteiger partial charge in [0, 0.05) is 4.90 Å². The summed E-state index contributed by atoms with van der Waals surface area (Å²) < 4.78 is 79.4. The first kappa shape index (κ1) is 17.2. The van der Waals surface area contributed by atoms with E-state index in [-0.39, 0.29) is 6.07 Å². The highest BCUT2D eigenvalue weighted by atomic mass is 32.2. The summed E-state index contributed by atoms with van der Waals surface area (Å²) in [6, 6.07) is 1.98. The molecule has 0 spiro atoms. The van der Waals surface area contributed by atoms with Gasteiger partial charge >= 0.3 is 17.7 Å². The van der Waals surface area contributed by atoms with Crippen molar-refractivity contribution in [3.63, 3.8) is 0 Å². The normalized spacial score (nSPS) is 11.9. The molecule has 21 heavy (non-hydrogen) atoms. The van der Waals surface area contributed by atoms with E-state index in [1.54, 1.807) is 0 Å². The number of nitrogens with zero attached hydrogens (tertiary/aromatic N) is 1. The first-order chi connectivity index (χ1) is 9.49. The largest absolute Gasteiger partial charge is 0.465 e. The Labute approximate surface area is 118 Å². The number of rotatable bonds is 2. The molecule has 1 aromatic carbocycles. The summed E-state index contributed by atoms with van der Waals surface area (Å²) in [6.45, 7) is 0. The number of hydrogen-bond donors (Lipinski definition) is 0. The number of halogens is 6. The Morgan fingerprint density at radius 2 is 1.81 bits per heavy atom. The number of benzene rings is 1. The molecule has 0 aromatic heterocycles. The fourth-order valence-electron chi connectivity index (χ4n) is 1.44. The molecule has 0 heterocycles. The summed E-state index contributed by atoms with van der Waals surface area (Å²) >= 11 is -0.815. The molecule has 0 fully saturated rings. The summed E-state index contributed by atoms with van der Waals surface area (Å²) in [5, 5.41) is 8.76. The first-order valence-electron chi connectivity index (χ1n) is 4.99. The van der Waals surface area contributed by atoms with E-state index < -0.39 is 51.0 Å². The third-order valence-electron chi connectivity index (χ3n) is 2.16. The number of esters is 1. The van der Waals surface area contributed by atoms with Crippen LogP contribution in [0.3, 0.4) is 0 Å². The molecule has 1 rings (SSSR count). The SMILES string of the molecule is COC(=O)c1c(C#N)cc(SC(F)(F)F)cc1C(F)(F)F. The van der Waals surface area contributed by atoms with E-state index in [1.165, 1.54) is 6.07 Å². The average Bonchev–Trinajstić information content (AvgIpc) is 2.33. The fraction of sp³-hybridized carbons (Fsp3) is 0.273. The fourth-order valence-corrected chi connectivity index (χ4v) is 2.06. The van der Waals surface area contributed by atoms with Crippen LogP contribution < -0.4 is 0 Å². The highest BCUT2D eigenvalue weighted by Crippen LogP contribution is 2.41. The maximum Gasteiger partial charge on any atom is 0.446 e. The summed E-state index contributed by atoms with van der Waals surface area (Å²) in [5.41, 5.74) is -8.44. The molecule has 0 aliphatic rings. The van der Waals surface area contributed by atoms with Gasteiger partial charge in [-0.2, -0.15) is 31.6 Å². The molecule has 0 bridgehead atoms. The van der Waals surface area contributed by atoms with Crippen LogP contribution >= 0.6 is 11.8 Å². The summed E-state index contributed by atoms with van der Waals surface area (Å²) in [5.74, 6) is -1.46. The van der Waals surface area contributed by atoms with Crippen LogP contribution in [-0.2, 0) is 10.9 Å². The van der Waals surface area contributed by atoms with Gasteiger partial charge in [0.15, 0.2) is 0 Å². The van der Waals surface area contributed by atoms with Crippen molar-refractivity contribution in [2.45, 2.75) is 16.6 Å². The van der Waals surface area contributed by atoms with Crippen LogP contribution in [0.5, 0.6) is 0 Å². The highest BCUT2D eigenvalue weighted by molar-refractivity contribution is 8.00. The number of nitriles is 1. The van der Waals surface area contributed by atoms with Gasteiger partial charge in [-0.1, -0.05) is 0 Å². The van der Waals surface area contributed by atoms with Crippen molar-refractivity contribution in [2.24, 2.45) is 0 Å². The van der Waals surface area contributed by atoms with Gasteiger partial charge in [0.1, 0.15) is 6.07 Å². The molecule has 0 saturated carbocycles. The van der Waals surface area contributed by atoms with E-state index >= 15 is 0 Å². The number of ether oxygens (including phenoxy) is 1. The number of alkyl halides is 6. The van der Waals surface area contributed by atoms with Crippen molar-refractivity contribution < 1.29 is 35.9 Å². The number of carbonyl (C=O) groups excluding carboxylic acids is 1. The second-order valence-electron chi connectivity index (χ2n) is 3.54. The second-order valence-corrected chi connectivity index (χ2v) is 4.68. The van der Waals surface area contributed by atoms with Crippen LogP contribution in [0.2, 0.25) is 0 Å². The third kappa shape index (κ3) is 4.29. The van der Waals surface area contributed by atoms with E-state index in [1.807, 2.05) is 0 Å². The van der Waals surface area contributed by atoms with Crippen molar-refractivity contribution in [2.75, 3.05) is 7.11 Å². The molecule has 0 aliphatic heterocycles. The number of hydrogen-bond acceptors (Lipinski definition) is 4. The van der Waals surface area contributed by atoms with Gasteiger partial charge < -0.3 is 4.74 Å². The molecular formula is C11H5F6NO2S. The molecule has 0 amide bonds. The lowest BCUT2D eigenvalue weighted by molar-refractivity contribution is -0.138. The van der Waals surface area contributed by atoms with Crippen LogP contribution in [0.15, 0.2) is 17.0 Å². The minimum Gasteiger partial charge on any atom is -0.465 e. The van der Waals surface area contributed by atoms with Gasteiger partial charge in [0.2, 0.25) is 0 Å². The van der Waals surface area contributed by atoms with Crippen molar-refractivity contribution in [3.8, 4) is 6.07 Å². The van der Waals surface area contributed by atoms with Gasteiger partial charge in [0.25, 0.3) is 0 Å². The first-order valence-corrected chi connectivity index (χ1v) is 5.80. The number of thioether (sulfide) groups is 1. The zero-order valence-electron chi connectivity index (χ0n) is 10.1. The quantitative estimate of drug-likeness (QED) is 0.468. The average molecular weight is 329 g/mol. The van der Waals surface area contributed by atoms with Crippen LogP contribution in [0, 0.1) is 11.3 Å². The molecule has 0 aliphatic carbocycles. The Morgan fingerprint density at radius 1 is 1.24 bits per heavy atom. The summed E-state index contributed by atoms with van der Waals surface area (Å²) in [7, 11) is 0.794. The van der Waals surface area contributed by atoms with Crippen molar-refractivity contribution >= 4 is 17.7 Å². The van der Waals surface area contributed by atoms with E-state index in [9.17, 15) is 31.1 Å². The molecule has 0 radical (unpaired) electrons. The summed E-state index contributed by atoms with van der Waals surface area (Å²) in [6.07, 6.45) is -5.11. The Hall–Kier alpha value is -1.89. The van der Waals surface area contributed by atoms with Gasteiger partial charge in [-0.3, -0.25) is 0 Å². The molecule has 114 valence electrons. The third-order valence-corrected chi connectivity index (χ3v) is 2.86. The minimum absolute atomic E-state index is 0.158. The summed E-state index contributed by atoms with van der Waals surface area (Å²) in [4.78, 5) is 10.5. The Morgan fingerprint density at radius 3 is 2.19 bits per heavy atom. The Kier molecular flexibility index (Phi) is 4.78. The minimum atomic E-state index is -5.11. The van der Waals surface area contributed by atoms with E-state index in [4.69, 9.17) is 5.26 Å². The second kappa shape index (κ2) is 5.85. The zero-order valence-corrected chi connectivity index (χ0v) is 10.9.